The number of rotatable bonds is 3. The molecule has 1 heterocycles. The Morgan fingerprint density at radius 1 is 1.04 bits per heavy atom. The van der Waals surface area contributed by atoms with Gasteiger partial charge in [0.1, 0.15) is 16.8 Å². The average molecular weight is 343 g/mol. The number of nitrogens with one attached hydrogen (secondary N) is 1. The van der Waals surface area contributed by atoms with Crippen molar-refractivity contribution < 1.29 is 9.18 Å². The van der Waals surface area contributed by atoms with Crippen molar-refractivity contribution in [3.8, 4) is 11.4 Å². The van der Waals surface area contributed by atoms with Crippen molar-refractivity contribution >= 4 is 29.0 Å². The molecular formula is C17H12ClFN4O. The second-order valence-corrected chi connectivity index (χ2v) is 5.37. The maximum absolute atomic E-state index is 13.0. The molecule has 1 aromatic heterocycles. The van der Waals surface area contributed by atoms with Gasteiger partial charge in [-0.05, 0) is 48.5 Å². The maximum Gasteiger partial charge on any atom is 0.256 e. The third kappa shape index (κ3) is 3.67. The summed E-state index contributed by atoms with van der Waals surface area (Å²) >= 11 is 5.99. The SMILES string of the molecule is Nc1ccc(C(=O)Nc2cc(Cl)nc(-c3ccc(F)cc3)n2)cc1. The lowest BCUT2D eigenvalue weighted by atomic mass is 10.2. The molecule has 2 aromatic carbocycles. The summed E-state index contributed by atoms with van der Waals surface area (Å²) in [6.07, 6.45) is 0. The molecule has 0 fully saturated rings. The van der Waals surface area contributed by atoms with Gasteiger partial charge in [-0.1, -0.05) is 11.6 Å². The summed E-state index contributed by atoms with van der Waals surface area (Å²) < 4.78 is 13.0. The second-order valence-electron chi connectivity index (χ2n) is 4.98. The number of anilines is 2. The van der Waals surface area contributed by atoms with E-state index in [0.29, 0.717) is 16.8 Å². The monoisotopic (exact) mass is 342 g/mol. The molecule has 120 valence electrons. The van der Waals surface area contributed by atoms with Crippen LogP contribution in [0, 0.1) is 5.82 Å². The van der Waals surface area contributed by atoms with Crippen molar-refractivity contribution in [2.45, 2.75) is 0 Å². The minimum Gasteiger partial charge on any atom is -0.399 e. The van der Waals surface area contributed by atoms with Crippen molar-refractivity contribution in [1.82, 2.24) is 9.97 Å². The molecule has 7 heteroatoms. The third-order valence-corrected chi connectivity index (χ3v) is 3.41. The van der Waals surface area contributed by atoms with Gasteiger partial charge in [-0.2, -0.15) is 0 Å². The molecular weight excluding hydrogens is 331 g/mol. The van der Waals surface area contributed by atoms with E-state index in [2.05, 4.69) is 15.3 Å². The van der Waals surface area contributed by atoms with Crippen molar-refractivity contribution in [3.63, 3.8) is 0 Å². The number of amides is 1. The van der Waals surface area contributed by atoms with Crippen molar-refractivity contribution in [2.24, 2.45) is 0 Å². The minimum absolute atomic E-state index is 0.164. The van der Waals surface area contributed by atoms with E-state index in [-0.39, 0.29) is 28.5 Å². The molecule has 3 N–H and O–H groups in total. The van der Waals surface area contributed by atoms with Crippen LogP contribution in [0.5, 0.6) is 0 Å². The number of hydrogen-bond acceptors (Lipinski definition) is 4. The van der Waals surface area contributed by atoms with E-state index in [1.807, 2.05) is 0 Å². The first-order valence-corrected chi connectivity index (χ1v) is 7.36. The van der Waals surface area contributed by atoms with Crippen LogP contribution in [0.3, 0.4) is 0 Å². The normalized spacial score (nSPS) is 10.4. The Kier molecular flexibility index (Phi) is 4.39. The number of aromatic nitrogens is 2. The molecule has 0 aliphatic carbocycles. The van der Waals surface area contributed by atoms with E-state index in [4.69, 9.17) is 17.3 Å². The summed E-state index contributed by atoms with van der Waals surface area (Å²) in [7, 11) is 0. The number of carbonyl (C=O) groups excluding carboxylic acids is 1. The highest BCUT2D eigenvalue weighted by atomic mass is 35.5. The summed E-state index contributed by atoms with van der Waals surface area (Å²) in [5.74, 6) is -0.182. The topological polar surface area (TPSA) is 80.9 Å². The lowest BCUT2D eigenvalue weighted by Gasteiger charge is -2.07. The third-order valence-electron chi connectivity index (χ3n) is 3.21. The van der Waals surface area contributed by atoms with Crippen molar-refractivity contribution in [3.05, 3.63) is 71.1 Å². The Labute approximate surface area is 142 Å². The Morgan fingerprint density at radius 2 is 1.71 bits per heavy atom. The van der Waals surface area contributed by atoms with E-state index in [1.54, 1.807) is 24.3 Å². The molecule has 0 aliphatic rings. The Bertz CT molecular complexity index is 882. The fourth-order valence-corrected chi connectivity index (χ4v) is 2.22. The highest BCUT2D eigenvalue weighted by Crippen LogP contribution is 2.21. The summed E-state index contributed by atoms with van der Waals surface area (Å²) in [4.78, 5) is 20.6. The molecule has 0 radical (unpaired) electrons. The predicted octanol–water partition coefficient (Wildman–Crippen LogP) is 3.77. The largest absolute Gasteiger partial charge is 0.399 e. The highest BCUT2D eigenvalue weighted by molar-refractivity contribution is 6.29. The van der Waals surface area contributed by atoms with E-state index < -0.39 is 0 Å². The van der Waals surface area contributed by atoms with Crippen molar-refractivity contribution in [1.29, 1.82) is 0 Å². The number of hydrogen-bond donors (Lipinski definition) is 2. The molecule has 0 saturated carbocycles. The quantitative estimate of drug-likeness (QED) is 0.561. The fraction of sp³-hybridized carbons (Fsp3) is 0. The van der Waals surface area contributed by atoms with E-state index in [9.17, 15) is 9.18 Å². The van der Waals surface area contributed by atoms with Crippen LogP contribution in [0.25, 0.3) is 11.4 Å². The molecule has 0 atom stereocenters. The van der Waals surface area contributed by atoms with Gasteiger partial charge in [-0.25, -0.2) is 14.4 Å². The summed E-state index contributed by atoms with van der Waals surface area (Å²) in [6.45, 7) is 0. The van der Waals surface area contributed by atoms with Gasteiger partial charge in [0.25, 0.3) is 5.91 Å². The van der Waals surface area contributed by atoms with E-state index in [0.717, 1.165) is 0 Å². The number of nitrogens with zero attached hydrogens (tertiary/aromatic N) is 2. The highest BCUT2D eigenvalue weighted by Gasteiger charge is 2.10. The zero-order chi connectivity index (χ0) is 17.1. The molecule has 0 aliphatic heterocycles. The molecule has 0 saturated heterocycles. The van der Waals surface area contributed by atoms with Crippen LogP contribution >= 0.6 is 11.6 Å². The maximum atomic E-state index is 13.0. The van der Waals surface area contributed by atoms with Gasteiger partial charge < -0.3 is 11.1 Å². The first-order chi connectivity index (χ1) is 11.5. The lowest BCUT2D eigenvalue weighted by molar-refractivity contribution is 0.102. The van der Waals surface area contributed by atoms with Crippen molar-refractivity contribution in [2.75, 3.05) is 11.1 Å². The first kappa shape index (κ1) is 15.9. The van der Waals surface area contributed by atoms with Gasteiger partial charge in [0.05, 0.1) is 0 Å². The van der Waals surface area contributed by atoms with Gasteiger partial charge in [-0.3, -0.25) is 4.79 Å². The van der Waals surface area contributed by atoms with E-state index in [1.165, 1.54) is 30.3 Å². The molecule has 24 heavy (non-hydrogen) atoms. The molecule has 3 aromatic rings. The molecule has 5 nitrogen and oxygen atoms in total. The predicted molar refractivity (Wildman–Crippen MR) is 91.2 cm³/mol. The van der Waals surface area contributed by atoms with Crippen LogP contribution in [0.4, 0.5) is 15.9 Å². The standard InChI is InChI=1S/C17H12ClFN4O/c18-14-9-15(23-17(24)11-3-7-13(20)8-4-11)22-16(21-14)10-1-5-12(19)6-2-10/h1-9H,20H2,(H,21,22,23,24). The Morgan fingerprint density at radius 3 is 2.38 bits per heavy atom. The molecule has 0 bridgehead atoms. The van der Waals surface area contributed by atoms with Gasteiger partial charge in [0, 0.05) is 22.9 Å². The second kappa shape index (κ2) is 6.64. The zero-order valence-electron chi connectivity index (χ0n) is 12.3. The smallest absolute Gasteiger partial charge is 0.256 e. The summed E-state index contributed by atoms with van der Waals surface area (Å²) in [6, 6.07) is 13.6. The van der Waals surface area contributed by atoms with Crippen LogP contribution < -0.4 is 11.1 Å². The van der Waals surface area contributed by atoms with Gasteiger partial charge >= 0.3 is 0 Å². The Balaban J connectivity index is 1.87. The minimum atomic E-state index is -0.363. The van der Waals surface area contributed by atoms with Crippen LogP contribution in [0.15, 0.2) is 54.6 Å². The number of benzene rings is 2. The zero-order valence-corrected chi connectivity index (χ0v) is 13.1. The van der Waals surface area contributed by atoms with Crippen LogP contribution in [0.1, 0.15) is 10.4 Å². The molecule has 1 amide bonds. The summed E-state index contributed by atoms with van der Waals surface area (Å²) in [5, 5.41) is 2.81. The summed E-state index contributed by atoms with van der Waals surface area (Å²) in [5.41, 5.74) is 7.18. The average Bonchev–Trinajstić information content (AvgIpc) is 2.55. The van der Waals surface area contributed by atoms with Crippen LogP contribution in [-0.2, 0) is 0 Å². The van der Waals surface area contributed by atoms with E-state index >= 15 is 0 Å². The molecule has 3 rings (SSSR count). The fourth-order valence-electron chi connectivity index (χ4n) is 2.03. The lowest BCUT2D eigenvalue weighted by Crippen LogP contribution is -2.13. The van der Waals surface area contributed by atoms with Gasteiger partial charge in [0.15, 0.2) is 5.82 Å². The van der Waals surface area contributed by atoms with Crippen LogP contribution in [0.2, 0.25) is 5.15 Å². The number of halogens is 2. The van der Waals surface area contributed by atoms with Gasteiger partial charge in [0.2, 0.25) is 0 Å². The molecule has 0 spiro atoms. The molecule has 0 unspecified atom stereocenters. The Hall–Kier alpha value is -2.99. The number of nitrogen functional groups attached to an aromatic ring is 1. The van der Waals surface area contributed by atoms with Crippen LogP contribution in [-0.4, -0.2) is 15.9 Å². The first-order valence-electron chi connectivity index (χ1n) is 6.99. The van der Waals surface area contributed by atoms with Gasteiger partial charge in [-0.15, -0.1) is 0 Å². The number of nitrogens with two attached hydrogens (primary N) is 1. The number of carbonyl (C=O) groups is 1.